The van der Waals surface area contributed by atoms with Crippen LogP contribution in [0, 0.1) is 10.1 Å². The minimum absolute atomic E-state index is 0.0562. The molecule has 1 N–H and O–H groups in total. The van der Waals surface area contributed by atoms with Gasteiger partial charge in [-0.15, -0.1) is 0 Å². The first-order valence-electron chi connectivity index (χ1n) is 7.94. The molecule has 0 radical (unpaired) electrons. The maximum absolute atomic E-state index is 11.9. The van der Waals surface area contributed by atoms with Gasteiger partial charge in [-0.1, -0.05) is 6.92 Å². The number of nitro benzene ring substituents is 1. The van der Waals surface area contributed by atoms with Crippen LogP contribution in [-0.2, 0) is 9.53 Å². The number of carbonyl (C=O) groups excluding carboxylic acids is 2. The number of anilines is 1. The van der Waals surface area contributed by atoms with Crippen LogP contribution in [0.5, 0.6) is 5.75 Å². The van der Waals surface area contributed by atoms with Gasteiger partial charge in [0.2, 0.25) is 0 Å². The third-order valence-corrected chi connectivity index (χ3v) is 3.26. The summed E-state index contributed by atoms with van der Waals surface area (Å²) in [5.74, 6) is -0.462. The molecule has 8 nitrogen and oxygen atoms in total. The van der Waals surface area contributed by atoms with Crippen molar-refractivity contribution in [3.05, 3.63) is 64.2 Å². The molecule has 0 saturated heterocycles. The number of non-ortho nitro benzene ring substituents is 1. The molecule has 2 aromatic rings. The van der Waals surface area contributed by atoms with Crippen LogP contribution in [0.4, 0.5) is 11.4 Å². The highest BCUT2D eigenvalue weighted by molar-refractivity contribution is 5.93. The Morgan fingerprint density at radius 1 is 1.08 bits per heavy atom. The Morgan fingerprint density at radius 2 is 1.73 bits per heavy atom. The van der Waals surface area contributed by atoms with E-state index in [2.05, 4.69) is 5.32 Å². The number of hydrogen-bond acceptors (Lipinski definition) is 6. The number of hydrogen-bond donors (Lipinski definition) is 1. The molecular weight excluding hydrogens is 340 g/mol. The summed E-state index contributed by atoms with van der Waals surface area (Å²) in [7, 11) is 0. The van der Waals surface area contributed by atoms with Crippen molar-refractivity contribution in [2.75, 3.05) is 18.5 Å². The second-order valence-electron chi connectivity index (χ2n) is 5.30. The molecule has 2 rings (SSSR count). The summed E-state index contributed by atoms with van der Waals surface area (Å²) in [6.45, 7) is 2.01. The number of nitro groups is 1. The number of carbonyl (C=O) groups is 2. The third kappa shape index (κ3) is 5.59. The molecule has 0 unspecified atom stereocenters. The lowest BCUT2D eigenvalue weighted by molar-refractivity contribution is -0.384. The summed E-state index contributed by atoms with van der Waals surface area (Å²) in [4.78, 5) is 33.6. The summed E-state index contributed by atoms with van der Waals surface area (Å²) < 4.78 is 10.3. The predicted octanol–water partition coefficient (Wildman–Crippen LogP) is 3.18. The van der Waals surface area contributed by atoms with Gasteiger partial charge in [-0.3, -0.25) is 14.9 Å². The molecule has 0 heterocycles. The van der Waals surface area contributed by atoms with Gasteiger partial charge in [0, 0.05) is 17.8 Å². The van der Waals surface area contributed by atoms with Crippen molar-refractivity contribution >= 4 is 23.3 Å². The average Bonchev–Trinajstić information content (AvgIpc) is 2.65. The number of ether oxygens (including phenoxy) is 2. The Bertz CT molecular complexity index is 771. The molecule has 26 heavy (non-hydrogen) atoms. The van der Waals surface area contributed by atoms with Crippen LogP contribution in [0.15, 0.2) is 48.5 Å². The second-order valence-corrected chi connectivity index (χ2v) is 5.30. The van der Waals surface area contributed by atoms with Gasteiger partial charge >= 0.3 is 5.97 Å². The molecule has 0 aliphatic rings. The molecule has 8 heteroatoms. The minimum atomic E-state index is -0.516. The van der Waals surface area contributed by atoms with Gasteiger partial charge in [0.1, 0.15) is 5.75 Å². The highest BCUT2D eigenvalue weighted by Crippen LogP contribution is 2.17. The number of amides is 1. The van der Waals surface area contributed by atoms with Crippen molar-refractivity contribution in [1.82, 2.24) is 0 Å². The quantitative estimate of drug-likeness (QED) is 0.441. The summed E-state index contributed by atoms with van der Waals surface area (Å²) >= 11 is 0. The second kappa shape index (κ2) is 9.16. The molecule has 0 aliphatic heterocycles. The predicted molar refractivity (Wildman–Crippen MR) is 94.2 cm³/mol. The zero-order valence-electron chi connectivity index (χ0n) is 14.1. The Labute approximate surface area is 149 Å². The largest absolute Gasteiger partial charge is 0.484 e. The molecule has 0 atom stereocenters. The van der Waals surface area contributed by atoms with Crippen LogP contribution in [0.25, 0.3) is 0 Å². The van der Waals surface area contributed by atoms with E-state index in [0.717, 1.165) is 6.42 Å². The minimum Gasteiger partial charge on any atom is -0.484 e. The van der Waals surface area contributed by atoms with Crippen LogP contribution in [-0.4, -0.2) is 30.0 Å². The van der Waals surface area contributed by atoms with Crippen molar-refractivity contribution in [2.24, 2.45) is 0 Å². The summed E-state index contributed by atoms with van der Waals surface area (Å²) in [6.07, 6.45) is 0.745. The molecule has 2 aromatic carbocycles. The average molecular weight is 358 g/mol. The SMILES string of the molecule is CCCOC(=O)c1ccc(NC(=O)COc2ccc([N+](=O)[O-])cc2)cc1. The Hall–Kier alpha value is -3.42. The standard InChI is InChI=1S/C18H18N2O6/c1-2-11-25-18(22)13-3-5-14(6-4-13)19-17(21)12-26-16-9-7-15(8-10-16)20(23)24/h3-10H,2,11-12H2,1H3,(H,19,21). The molecule has 0 fully saturated rings. The molecule has 136 valence electrons. The third-order valence-electron chi connectivity index (χ3n) is 3.26. The van der Waals surface area contributed by atoms with Crippen molar-refractivity contribution < 1.29 is 24.0 Å². The van der Waals surface area contributed by atoms with Gasteiger partial charge in [-0.2, -0.15) is 0 Å². The van der Waals surface area contributed by atoms with Gasteiger partial charge < -0.3 is 14.8 Å². The van der Waals surface area contributed by atoms with E-state index in [-0.39, 0.29) is 12.3 Å². The van der Waals surface area contributed by atoms with E-state index in [1.807, 2.05) is 6.92 Å². The van der Waals surface area contributed by atoms with E-state index < -0.39 is 16.8 Å². The first kappa shape index (κ1) is 18.9. The lowest BCUT2D eigenvalue weighted by atomic mass is 10.2. The number of nitrogens with one attached hydrogen (secondary N) is 1. The van der Waals surface area contributed by atoms with Crippen molar-refractivity contribution in [1.29, 1.82) is 0 Å². The van der Waals surface area contributed by atoms with E-state index in [4.69, 9.17) is 9.47 Å². The number of rotatable bonds is 8. The van der Waals surface area contributed by atoms with E-state index in [9.17, 15) is 19.7 Å². The van der Waals surface area contributed by atoms with E-state index in [0.29, 0.717) is 23.6 Å². The molecule has 0 aromatic heterocycles. The zero-order valence-corrected chi connectivity index (χ0v) is 14.1. The summed E-state index contributed by atoms with van der Waals surface area (Å²) in [5.41, 5.74) is 0.854. The molecule has 0 saturated carbocycles. The summed E-state index contributed by atoms with van der Waals surface area (Å²) in [6, 6.07) is 11.7. The van der Waals surface area contributed by atoms with Gasteiger partial charge in [-0.25, -0.2) is 4.79 Å². The van der Waals surface area contributed by atoms with Crippen LogP contribution >= 0.6 is 0 Å². The van der Waals surface area contributed by atoms with E-state index in [1.54, 1.807) is 24.3 Å². The number of benzene rings is 2. The van der Waals surface area contributed by atoms with Crippen molar-refractivity contribution in [3.63, 3.8) is 0 Å². The van der Waals surface area contributed by atoms with Gasteiger partial charge in [0.05, 0.1) is 17.1 Å². The Kier molecular flexibility index (Phi) is 6.67. The van der Waals surface area contributed by atoms with Crippen LogP contribution in [0.3, 0.4) is 0 Å². The molecule has 0 aliphatic carbocycles. The highest BCUT2D eigenvalue weighted by Gasteiger charge is 2.09. The first-order chi connectivity index (χ1) is 12.5. The fourth-order valence-corrected chi connectivity index (χ4v) is 1.98. The van der Waals surface area contributed by atoms with E-state index >= 15 is 0 Å². The maximum atomic E-state index is 11.9. The van der Waals surface area contributed by atoms with Crippen LogP contribution in [0.1, 0.15) is 23.7 Å². The lowest BCUT2D eigenvalue weighted by Crippen LogP contribution is -2.20. The fourth-order valence-electron chi connectivity index (χ4n) is 1.98. The van der Waals surface area contributed by atoms with E-state index in [1.165, 1.54) is 24.3 Å². The van der Waals surface area contributed by atoms with Gasteiger partial charge in [0.15, 0.2) is 6.61 Å². The Morgan fingerprint density at radius 3 is 2.31 bits per heavy atom. The topological polar surface area (TPSA) is 108 Å². The fraction of sp³-hybridized carbons (Fsp3) is 0.222. The molecular formula is C18H18N2O6. The Balaban J connectivity index is 1.83. The van der Waals surface area contributed by atoms with Crippen molar-refractivity contribution in [3.8, 4) is 5.75 Å². The molecule has 1 amide bonds. The lowest BCUT2D eigenvalue weighted by Gasteiger charge is -2.08. The normalized spacial score (nSPS) is 10.0. The smallest absolute Gasteiger partial charge is 0.338 e. The number of nitrogens with zero attached hydrogens (tertiary/aromatic N) is 1. The van der Waals surface area contributed by atoms with Crippen molar-refractivity contribution in [2.45, 2.75) is 13.3 Å². The van der Waals surface area contributed by atoms with Crippen LogP contribution in [0.2, 0.25) is 0 Å². The van der Waals surface area contributed by atoms with Gasteiger partial charge in [0.25, 0.3) is 11.6 Å². The van der Waals surface area contributed by atoms with Crippen LogP contribution < -0.4 is 10.1 Å². The highest BCUT2D eigenvalue weighted by atomic mass is 16.6. The number of esters is 1. The molecule has 0 bridgehead atoms. The zero-order chi connectivity index (χ0) is 18.9. The van der Waals surface area contributed by atoms with Gasteiger partial charge in [-0.05, 0) is 42.8 Å². The monoisotopic (exact) mass is 358 g/mol. The molecule has 0 spiro atoms. The maximum Gasteiger partial charge on any atom is 0.338 e. The first-order valence-corrected chi connectivity index (χ1v) is 7.94. The summed E-state index contributed by atoms with van der Waals surface area (Å²) in [5, 5.41) is 13.2.